The quantitative estimate of drug-likeness (QED) is 0.293. The van der Waals surface area contributed by atoms with Crippen LogP contribution in [0.1, 0.15) is 42.4 Å². The minimum atomic E-state index is -0.662. The standard InChI is InChI=1S/C29H29BrCl2N2O2/c30-23-10-6-9-21(15-23)19-34(28(35)17-22-13-14-24(31)18-26(22)32)27(16-20-7-2-1-3-8-20)29(36)33-25-11-4-5-12-25/h1-3,6-10,13-15,18,25,27H,4-5,11-12,16-17,19H2,(H,33,36)/t27-/m1/s1. The van der Waals surface area contributed by atoms with E-state index >= 15 is 0 Å². The van der Waals surface area contributed by atoms with Crippen LogP contribution in [-0.4, -0.2) is 28.8 Å². The largest absolute Gasteiger partial charge is 0.352 e. The number of carbonyl (C=O) groups excluding carboxylic acids is 2. The Morgan fingerprint density at radius 3 is 2.36 bits per heavy atom. The van der Waals surface area contributed by atoms with Crippen LogP contribution in [0.5, 0.6) is 0 Å². The highest BCUT2D eigenvalue weighted by atomic mass is 79.9. The molecule has 1 saturated carbocycles. The smallest absolute Gasteiger partial charge is 0.243 e. The van der Waals surface area contributed by atoms with E-state index in [0.717, 1.165) is 41.3 Å². The van der Waals surface area contributed by atoms with E-state index in [1.54, 1.807) is 23.1 Å². The molecule has 7 heteroatoms. The van der Waals surface area contributed by atoms with E-state index in [9.17, 15) is 9.59 Å². The summed E-state index contributed by atoms with van der Waals surface area (Å²) in [5, 5.41) is 4.18. The van der Waals surface area contributed by atoms with E-state index in [-0.39, 0.29) is 24.3 Å². The molecule has 1 aliphatic carbocycles. The van der Waals surface area contributed by atoms with Crippen molar-refractivity contribution in [2.75, 3.05) is 0 Å². The Hall–Kier alpha value is -2.34. The molecular formula is C29H29BrCl2N2O2. The van der Waals surface area contributed by atoms with Gasteiger partial charge in [0.05, 0.1) is 6.42 Å². The van der Waals surface area contributed by atoms with Gasteiger partial charge >= 0.3 is 0 Å². The molecule has 2 amide bonds. The molecule has 1 aliphatic rings. The van der Waals surface area contributed by atoms with Gasteiger partial charge in [0.25, 0.3) is 0 Å². The Bertz CT molecular complexity index is 1200. The molecule has 4 rings (SSSR count). The van der Waals surface area contributed by atoms with E-state index in [1.165, 1.54) is 0 Å². The predicted octanol–water partition coefficient (Wildman–Crippen LogP) is 7.00. The van der Waals surface area contributed by atoms with Gasteiger partial charge in [-0.2, -0.15) is 0 Å². The van der Waals surface area contributed by atoms with Crippen LogP contribution in [0.2, 0.25) is 10.0 Å². The van der Waals surface area contributed by atoms with Crippen LogP contribution in [-0.2, 0) is 29.0 Å². The minimum absolute atomic E-state index is 0.0754. The van der Waals surface area contributed by atoms with Gasteiger partial charge in [-0.1, -0.05) is 101 Å². The first-order chi connectivity index (χ1) is 17.4. The van der Waals surface area contributed by atoms with Crippen LogP contribution < -0.4 is 5.32 Å². The Labute approximate surface area is 231 Å². The van der Waals surface area contributed by atoms with Gasteiger partial charge < -0.3 is 10.2 Å². The zero-order valence-corrected chi connectivity index (χ0v) is 23.0. The molecule has 1 atom stereocenters. The fraction of sp³-hybridized carbons (Fsp3) is 0.310. The first-order valence-electron chi connectivity index (χ1n) is 12.2. The van der Waals surface area contributed by atoms with Crippen molar-refractivity contribution < 1.29 is 9.59 Å². The number of nitrogens with zero attached hydrogens (tertiary/aromatic N) is 1. The summed E-state index contributed by atoms with van der Waals surface area (Å²) in [6.45, 7) is 0.305. The lowest BCUT2D eigenvalue weighted by Gasteiger charge is -2.32. The molecule has 0 aromatic heterocycles. The summed E-state index contributed by atoms with van der Waals surface area (Å²) in [5.41, 5.74) is 2.62. The molecule has 0 bridgehead atoms. The molecule has 0 unspecified atom stereocenters. The van der Waals surface area contributed by atoms with E-state index < -0.39 is 6.04 Å². The van der Waals surface area contributed by atoms with Crippen LogP contribution in [0.3, 0.4) is 0 Å². The lowest BCUT2D eigenvalue weighted by molar-refractivity contribution is -0.141. The van der Waals surface area contributed by atoms with Gasteiger partial charge in [0.2, 0.25) is 11.8 Å². The van der Waals surface area contributed by atoms with Crippen LogP contribution in [0.25, 0.3) is 0 Å². The third kappa shape index (κ3) is 7.34. The summed E-state index contributed by atoms with van der Waals surface area (Å²) >= 11 is 16.0. The van der Waals surface area contributed by atoms with Gasteiger partial charge in [-0.25, -0.2) is 0 Å². The lowest BCUT2D eigenvalue weighted by Crippen LogP contribution is -2.52. The Balaban J connectivity index is 1.67. The van der Waals surface area contributed by atoms with Crippen LogP contribution >= 0.6 is 39.1 Å². The van der Waals surface area contributed by atoms with Gasteiger partial charge in [-0.3, -0.25) is 9.59 Å². The third-order valence-electron chi connectivity index (χ3n) is 6.57. The molecule has 188 valence electrons. The molecule has 3 aromatic carbocycles. The first kappa shape index (κ1) is 26.7. The monoisotopic (exact) mass is 586 g/mol. The fourth-order valence-electron chi connectivity index (χ4n) is 4.68. The van der Waals surface area contributed by atoms with E-state index in [1.807, 2.05) is 54.6 Å². The van der Waals surface area contributed by atoms with Gasteiger partial charge in [-0.05, 0) is 53.8 Å². The van der Waals surface area contributed by atoms with Crippen molar-refractivity contribution in [1.82, 2.24) is 10.2 Å². The molecule has 0 aliphatic heterocycles. The van der Waals surface area contributed by atoms with Crippen molar-refractivity contribution in [3.63, 3.8) is 0 Å². The van der Waals surface area contributed by atoms with Crippen molar-refractivity contribution in [2.24, 2.45) is 0 Å². The van der Waals surface area contributed by atoms with Crippen LogP contribution in [0.15, 0.2) is 77.3 Å². The molecule has 36 heavy (non-hydrogen) atoms. The van der Waals surface area contributed by atoms with Crippen molar-refractivity contribution in [1.29, 1.82) is 0 Å². The maximum atomic E-state index is 13.9. The number of halogens is 3. The SMILES string of the molecule is O=C(NC1CCCC1)[C@@H](Cc1ccccc1)N(Cc1cccc(Br)c1)C(=O)Cc1ccc(Cl)cc1Cl. The van der Waals surface area contributed by atoms with E-state index in [2.05, 4.69) is 21.2 Å². The zero-order valence-electron chi connectivity index (χ0n) is 19.9. The van der Waals surface area contributed by atoms with E-state index in [4.69, 9.17) is 23.2 Å². The van der Waals surface area contributed by atoms with E-state index in [0.29, 0.717) is 28.6 Å². The second-order valence-corrected chi connectivity index (χ2v) is 11.0. The zero-order chi connectivity index (χ0) is 25.5. The summed E-state index contributed by atoms with van der Waals surface area (Å²) < 4.78 is 0.920. The lowest BCUT2D eigenvalue weighted by atomic mass is 10.0. The minimum Gasteiger partial charge on any atom is -0.352 e. The van der Waals surface area contributed by atoms with Crippen LogP contribution in [0, 0.1) is 0 Å². The number of amides is 2. The molecule has 0 spiro atoms. The molecule has 0 saturated heterocycles. The Morgan fingerprint density at radius 1 is 0.944 bits per heavy atom. The van der Waals surface area contributed by atoms with Crippen molar-refractivity contribution in [2.45, 2.75) is 57.2 Å². The van der Waals surface area contributed by atoms with Crippen LogP contribution in [0.4, 0.5) is 0 Å². The Morgan fingerprint density at radius 2 is 1.67 bits per heavy atom. The summed E-state index contributed by atoms with van der Waals surface area (Å²) in [6.07, 6.45) is 4.68. The highest BCUT2D eigenvalue weighted by Gasteiger charge is 2.32. The second-order valence-electron chi connectivity index (χ2n) is 9.26. The number of benzene rings is 3. The molecule has 0 heterocycles. The fourth-order valence-corrected chi connectivity index (χ4v) is 5.60. The third-order valence-corrected chi connectivity index (χ3v) is 7.65. The van der Waals surface area contributed by atoms with Crippen molar-refractivity contribution in [3.8, 4) is 0 Å². The molecule has 4 nitrogen and oxygen atoms in total. The predicted molar refractivity (Wildman–Crippen MR) is 149 cm³/mol. The summed E-state index contributed by atoms with van der Waals surface area (Å²) in [7, 11) is 0. The summed E-state index contributed by atoms with van der Waals surface area (Å²) in [6, 6.07) is 22.3. The summed E-state index contributed by atoms with van der Waals surface area (Å²) in [4.78, 5) is 29.3. The van der Waals surface area contributed by atoms with Crippen molar-refractivity contribution >= 4 is 50.9 Å². The highest BCUT2D eigenvalue weighted by molar-refractivity contribution is 9.10. The Kier molecular flexibility index (Phi) is 9.47. The molecular weight excluding hydrogens is 559 g/mol. The number of hydrogen-bond donors (Lipinski definition) is 1. The number of rotatable bonds is 9. The average Bonchev–Trinajstić information content (AvgIpc) is 3.36. The average molecular weight is 588 g/mol. The maximum Gasteiger partial charge on any atom is 0.243 e. The molecule has 1 N–H and O–H groups in total. The molecule has 3 aromatic rings. The number of nitrogens with one attached hydrogen (secondary N) is 1. The van der Waals surface area contributed by atoms with Gasteiger partial charge in [0.1, 0.15) is 6.04 Å². The normalized spacial score (nSPS) is 14.4. The van der Waals surface area contributed by atoms with Crippen molar-refractivity contribution in [3.05, 3.63) is 104 Å². The molecule has 0 radical (unpaired) electrons. The number of carbonyl (C=O) groups is 2. The van der Waals surface area contributed by atoms with Gasteiger partial charge in [0, 0.05) is 33.5 Å². The highest BCUT2D eigenvalue weighted by Crippen LogP contribution is 2.25. The van der Waals surface area contributed by atoms with Gasteiger partial charge in [-0.15, -0.1) is 0 Å². The summed E-state index contributed by atoms with van der Waals surface area (Å²) in [5.74, 6) is -0.280. The molecule has 1 fully saturated rings. The first-order valence-corrected chi connectivity index (χ1v) is 13.8. The topological polar surface area (TPSA) is 49.4 Å². The van der Waals surface area contributed by atoms with Gasteiger partial charge in [0.15, 0.2) is 0 Å². The second kappa shape index (κ2) is 12.8. The maximum absolute atomic E-state index is 13.9. The number of hydrogen-bond acceptors (Lipinski definition) is 2.